The summed E-state index contributed by atoms with van der Waals surface area (Å²) >= 11 is 0. The van der Waals surface area contributed by atoms with Crippen LogP contribution in [0.25, 0.3) is 0 Å². The first-order chi connectivity index (χ1) is 17.4. The topological polar surface area (TPSA) is 121 Å². The van der Waals surface area contributed by atoms with Crippen LogP contribution in [-0.4, -0.2) is 35.3 Å². The molecule has 3 aromatic rings. The van der Waals surface area contributed by atoms with Gasteiger partial charge in [-0.25, -0.2) is 3.63 Å². The number of benzene rings is 3. The van der Waals surface area contributed by atoms with E-state index in [4.69, 9.17) is 3.63 Å². The summed E-state index contributed by atoms with van der Waals surface area (Å²) in [6.07, 6.45) is 1.70. The molecule has 37 heavy (non-hydrogen) atoms. The van der Waals surface area contributed by atoms with E-state index in [1.807, 2.05) is 13.8 Å². The van der Waals surface area contributed by atoms with Crippen molar-refractivity contribution in [1.29, 1.82) is 0 Å². The summed E-state index contributed by atoms with van der Waals surface area (Å²) in [6.45, 7) is 3.95. The lowest BCUT2D eigenvalue weighted by molar-refractivity contribution is -0.128. The molecular formula is C28H30O7S2. The average Bonchev–Trinajstić information content (AvgIpc) is 3.18. The third kappa shape index (κ3) is 4.09. The molecule has 0 amide bonds. The molecule has 2 saturated carbocycles. The van der Waals surface area contributed by atoms with Crippen molar-refractivity contribution in [2.45, 2.75) is 47.8 Å². The summed E-state index contributed by atoms with van der Waals surface area (Å²) in [4.78, 5) is 14.6. The number of phenolic OH excluding ortho intramolecular Hbond substituents is 3. The zero-order valence-electron chi connectivity index (χ0n) is 20.6. The van der Waals surface area contributed by atoms with Gasteiger partial charge in [0.1, 0.15) is 23.0 Å². The highest BCUT2D eigenvalue weighted by molar-refractivity contribution is 8.33. The van der Waals surface area contributed by atoms with E-state index in [9.17, 15) is 28.5 Å². The smallest absolute Gasteiger partial charge is 0.278 e. The fourth-order valence-electron chi connectivity index (χ4n) is 6.03. The van der Waals surface area contributed by atoms with Crippen molar-refractivity contribution >= 4 is 26.2 Å². The fraction of sp³-hybridized carbons (Fsp3) is 0.321. The molecule has 0 aliphatic heterocycles. The first-order valence-electron chi connectivity index (χ1n) is 12.1. The highest BCUT2D eigenvalue weighted by atomic mass is 32.3. The molecule has 2 aliphatic carbocycles. The zero-order chi connectivity index (χ0) is 26.6. The predicted octanol–water partition coefficient (Wildman–Crippen LogP) is 5.74. The van der Waals surface area contributed by atoms with Crippen LogP contribution in [0.1, 0.15) is 33.1 Å². The lowest BCUT2D eigenvalue weighted by Crippen LogP contribution is -2.42. The van der Waals surface area contributed by atoms with Crippen molar-refractivity contribution in [3.63, 3.8) is 0 Å². The van der Waals surface area contributed by atoms with Gasteiger partial charge in [-0.3, -0.25) is 4.79 Å². The van der Waals surface area contributed by atoms with Crippen molar-refractivity contribution in [2.75, 3.05) is 5.75 Å². The van der Waals surface area contributed by atoms with Crippen molar-refractivity contribution in [3.05, 3.63) is 72.8 Å². The van der Waals surface area contributed by atoms with E-state index in [-0.39, 0.29) is 28.9 Å². The molecule has 9 heteroatoms. The average molecular weight is 543 g/mol. The molecule has 5 rings (SSSR count). The number of aromatic hydroxyl groups is 3. The molecule has 3 N–H and O–H groups in total. The largest absolute Gasteiger partial charge is 0.508 e. The van der Waals surface area contributed by atoms with Crippen molar-refractivity contribution in [1.82, 2.24) is 0 Å². The second-order valence-corrected chi connectivity index (χ2v) is 14.9. The summed E-state index contributed by atoms with van der Waals surface area (Å²) in [6, 6.07) is 18.4. The van der Waals surface area contributed by atoms with Crippen LogP contribution in [0.4, 0.5) is 0 Å². The Balaban J connectivity index is 1.70. The molecule has 0 radical (unpaired) electrons. The molecule has 196 valence electrons. The van der Waals surface area contributed by atoms with Crippen molar-refractivity contribution in [3.8, 4) is 17.2 Å². The lowest BCUT2D eigenvalue weighted by atomic mass is 9.70. The molecule has 2 fully saturated rings. The Bertz CT molecular complexity index is 1320. The number of carbonyl (C=O) groups excluding carboxylic acids is 1. The molecule has 0 spiro atoms. The Morgan fingerprint density at radius 2 is 1.19 bits per heavy atom. The van der Waals surface area contributed by atoms with Crippen LogP contribution in [0.5, 0.6) is 17.2 Å². The second kappa shape index (κ2) is 8.79. The van der Waals surface area contributed by atoms with E-state index >= 15 is 0 Å². The van der Waals surface area contributed by atoms with Gasteiger partial charge in [-0.15, -0.1) is 0 Å². The molecule has 3 aromatic carbocycles. The van der Waals surface area contributed by atoms with Gasteiger partial charge in [0.15, 0.2) is 0 Å². The first-order valence-corrected chi connectivity index (χ1v) is 15.2. The number of rotatable bonds is 7. The third-order valence-corrected chi connectivity index (χ3v) is 13.6. The standard InChI is InChI=1S/C28H30O7S2/c1-27(2)19-15-16-28(27,26(32)17-19)18-36(33,34)35-37(23-9-3-20(29)4-10-23,24-11-5-21(30)6-12-24)25-13-7-22(31)8-14-25/h3-14,19,29-31H,15-18H2,1-2H3. The molecule has 2 bridgehead atoms. The monoisotopic (exact) mass is 542 g/mol. The minimum absolute atomic E-state index is 0.00510. The molecule has 2 aliphatic rings. The quantitative estimate of drug-likeness (QED) is 0.348. The number of carbonyl (C=O) groups is 1. The number of ketones is 1. The predicted molar refractivity (Wildman–Crippen MR) is 140 cm³/mol. The van der Waals surface area contributed by atoms with E-state index in [0.717, 1.165) is 6.42 Å². The van der Waals surface area contributed by atoms with Crippen LogP contribution < -0.4 is 0 Å². The van der Waals surface area contributed by atoms with Crippen LogP contribution in [-0.2, 0) is 18.5 Å². The number of phenols is 3. The molecule has 0 saturated heterocycles. The molecule has 2 unspecified atom stereocenters. The van der Waals surface area contributed by atoms with Crippen LogP contribution >= 0.6 is 10.3 Å². The van der Waals surface area contributed by atoms with Crippen LogP contribution in [0.2, 0.25) is 0 Å². The SMILES string of the molecule is CC1(C)C2CCC1(CS(=O)(=O)OS(c1ccc(O)cc1)(c1ccc(O)cc1)c1ccc(O)cc1)C(=O)C2. The van der Waals surface area contributed by atoms with Gasteiger partial charge in [0.2, 0.25) is 0 Å². The lowest BCUT2D eigenvalue weighted by Gasteiger charge is -2.41. The Hall–Kier alpha value is -3.01. The van der Waals surface area contributed by atoms with Crippen LogP contribution in [0, 0.1) is 16.7 Å². The number of hydrogen-bond acceptors (Lipinski definition) is 7. The van der Waals surface area contributed by atoms with E-state index in [2.05, 4.69) is 0 Å². The first kappa shape index (κ1) is 25.6. The number of fused-ring (bicyclic) bond motifs is 2. The van der Waals surface area contributed by atoms with E-state index in [1.54, 1.807) is 36.4 Å². The molecular weight excluding hydrogens is 512 g/mol. The van der Waals surface area contributed by atoms with Gasteiger partial charge in [0.25, 0.3) is 10.1 Å². The molecule has 0 aromatic heterocycles. The van der Waals surface area contributed by atoms with Crippen LogP contribution in [0.3, 0.4) is 0 Å². The number of Topliss-reactive ketones (excluding diaryl/α,β-unsaturated/α-hetero) is 1. The summed E-state index contributed by atoms with van der Waals surface area (Å²) in [5.41, 5.74) is -1.48. The van der Waals surface area contributed by atoms with E-state index < -0.39 is 37.0 Å². The van der Waals surface area contributed by atoms with Gasteiger partial charge in [-0.05, 0) is 107 Å². The molecule has 0 heterocycles. The minimum Gasteiger partial charge on any atom is -0.508 e. The maximum Gasteiger partial charge on any atom is 0.278 e. The van der Waals surface area contributed by atoms with Gasteiger partial charge in [-0.1, -0.05) is 13.8 Å². The molecule has 7 nitrogen and oxygen atoms in total. The van der Waals surface area contributed by atoms with Gasteiger partial charge in [-0.2, -0.15) is 8.42 Å². The summed E-state index contributed by atoms with van der Waals surface area (Å²) in [5, 5.41) is 29.9. The van der Waals surface area contributed by atoms with E-state index in [1.165, 1.54) is 36.4 Å². The summed E-state index contributed by atoms with van der Waals surface area (Å²) < 4.78 is 34.4. The Morgan fingerprint density at radius 1 is 0.784 bits per heavy atom. The van der Waals surface area contributed by atoms with E-state index in [0.29, 0.717) is 27.5 Å². The summed E-state index contributed by atoms with van der Waals surface area (Å²) in [5.74, 6) is -0.286. The minimum atomic E-state index is -4.32. The van der Waals surface area contributed by atoms with Crippen molar-refractivity contribution < 1.29 is 32.2 Å². The highest BCUT2D eigenvalue weighted by Gasteiger charge is 2.65. The highest BCUT2D eigenvalue weighted by Crippen LogP contribution is 2.71. The maximum atomic E-state index is 14.0. The third-order valence-electron chi connectivity index (χ3n) is 8.27. The fourth-order valence-corrected chi connectivity index (χ4v) is 12.1. The van der Waals surface area contributed by atoms with Gasteiger partial charge >= 0.3 is 0 Å². The van der Waals surface area contributed by atoms with Crippen LogP contribution in [0.15, 0.2) is 87.5 Å². The maximum absolute atomic E-state index is 14.0. The van der Waals surface area contributed by atoms with Gasteiger partial charge in [0.05, 0.1) is 11.2 Å². The van der Waals surface area contributed by atoms with Gasteiger partial charge < -0.3 is 15.3 Å². The Morgan fingerprint density at radius 3 is 1.51 bits per heavy atom. The van der Waals surface area contributed by atoms with Crippen molar-refractivity contribution in [2.24, 2.45) is 16.7 Å². The Labute approximate surface area is 218 Å². The van der Waals surface area contributed by atoms with Gasteiger partial charge in [0, 0.05) is 21.1 Å². The normalized spacial score (nSPS) is 23.3. The molecule has 2 atom stereocenters. The number of hydrogen-bond donors (Lipinski definition) is 3. The Kier molecular flexibility index (Phi) is 6.09. The second-order valence-electron chi connectivity index (χ2n) is 10.5. The zero-order valence-corrected chi connectivity index (χ0v) is 22.3. The summed E-state index contributed by atoms with van der Waals surface area (Å²) in [7, 11) is -7.31.